The van der Waals surface area contributed by atoms with E-state index >= 15 is 0 Å². The molecule has 5 rings (SSSR count). The highest BCUT2D eigenvalue weighted by Crippen LogP contribution is 2.36. The smallest absolute Gasteiger partial charge is 0.257 e. The number of ether oxygens (including phenoxy) is 1. The number of nitrogens with zero attached hydrogens (tertiary/aromatic N) is 5. The number of nitrogen functional groups attached to an aromatic ring is 1. The molecule has 3 heterocycles. The molecule has 0 atom stereocenters. The molecular formula is C28H21N7O2. The largest absolute Gasteiger partial charge is 0.484 e. The number of carbonyl (C=O) groups excluding carboxylic acids is 1. The summed E-state index contributed by atoms with van der Waals surface area (Å²) in [5.74, 6) is 0.455. The Bertz CT molecular complexity index is 1700. The molecule has 0 radical (unpaired) electrons. The molecule has 1 amide bonds. The highest BCUT2D eigenvalue weighted by atomic mass is 16.5. The molecule has 2 aromatic carbocycles. The number of imidazole rings is 1. The van der Waals surface area contributed by atoms with Crippen molar-refractivity contribution in [3.8, 4) is 29.0 Å². The van der Waals surface area contributed by atoms with E-state index in [0.29, 0.717) is 41.0 Å². The number of nitrogens with one attached hydrogen (secondary N) is 1. The summed E-state index contributed by atoms with van der Waals surface area (Å²) in [5, 5.41) is 22.8. The minimum Gasteiger partial charge on any atom is -0.484 e. The zero-order valence-electron chi connectivity index (χ0n) is 19.7. The highest BCUT2D eigenvalue weighted by molar-refractivity contribution is 5.92. The number of fused-ring (bicyclic) bond motifs is 3. The lowest BCUT2D eigenvalue weighted by molar-refractivity contribution is -0.123. The number of anilines is 1. The van der Waals surface area contributed by atoms with Gasteiger partial charge in [-0.3, -0.25) is 14.2 Å². The van der Waals surface area contributed by atoms with Gasteiger partial charge in [0.25, 0.3) is 5.91 Å². The second kappa shape index (κ2) is 10.1. The molecule has 37 heavy (non-hydrogen) atoms. The van der Waals surface area contributed by atoms with Crippen molar-refractivity contribution >= 4 is 28.4 Å². The first-order chi connectivity index (χ1) is 18.1. The van der Waals surface area contributed by atoms with Crippen molar-refractivity contribution in [1.82, 2.24) is 19.7 Å². The number of carbonyl (C=O) groups is 1. The van der Waals surface area contributed by atoms with Crippen LogP contribution in [0, 0.1) is 22.7 Å². The van der Waals surface area contributed by atoms with Crippen molar-refractivity contribution < 1.29 is 9.53 Å². The van der Waals surface area contributed by atoms with Crippen LogP contribution in [0.1, 0.15) is 16.7 Å². The van der Waals surface area contributed by atoms with Crippen molar-refractivity contribution in [2.45, 2.75) is 6.42 Å². The topological polar surface area (TPSA) is 142 Å². The number of hydrogen-bond donors (Lipinski definition) is 2. The zero-order chi connectivity index (χ0) is 25.8. The number of amides is 1. The van der Waals surface area contributed by atoms with Crippen molar-refractivity contribution in [2.24, 2.45) is 0 Å². The number of para-hydroxylation sites is 2. The average molecular weight is 488 g/mol. The number of aromatic nitrogens is 3. The number of nitrogens with two attached hydrogens (primary N) is 1. The van der Waals surface area contributed by atoms with Crippen molar-refractivity contribution in [3.05, 3.63) is 89.7 Å². The predicted molar refractivity (Wildman–Crippen MR) is 138 cm³/mol. The van der Waals surface area contributed by atoms with Crippen LogP contribution in [0.15, 0.2) is 73.1 Å². The molecular weight excluding hydrogens is 466 g/mol. The standard InChI is InChI=1S/C28H21N7O2/c29-15-21-26(22(16-30)28-34-23-3-1-2-4-24(23)35(28)27(21)31)19-5-7-20(8-6-19)37-17-25(36)33-14-11-18-9-12-32-13-10-18/h1-10,12-13H,11,14,17,31H2,(H,33,36). The first-order valence-corrected chi connectivity index (χ1v) is 11.5. The fraction of sp³-hybridized carbons (Fsp3) is 0.107. The van der Waals surface area contributed by atoms with Gasteiger partial charge in [0, 0.05) is 24.5 Å². The summed E-state index contributed by atoms with van der Waals surface area (Å²) < 4.78 is 7.25. The SMILES string of the molecule is N#Cc1c(-c2ccc(OCC(=O)NCCc3ccncc3)cc2)c(C#N)c2nc3ccccc3n2c1N. The van der Waals surface area contributed by atoms with Crippen LogP contribution in [-0.4, -0.2) is 33.4 Å². The fourth-order valence-corrected chi connectivity index (χ4v) is 4.24. The molecule has 0 aliphatic carbocycles. The van der Waals surface area contributed by atoms with E-state index in [4.69, 9.17) is 10.5 Å². The summed E-state index contributed by atoms with van der Waals surface area (Å²) in [7, 11) is 0. The number of hydrogen-bond acceptors (Lipinski definition) is 7. The minimum atomic E-state index is -0.235. The molecule has 9 nitrogen and oxygen atoms in total. The molecule has 0 aliphatic heterocycles. The van der Waals surface area contributed by atoms with Crippen LogP contribution in [-0.2, 0) is 11.2 Å². The monoisotopic (exact) mass is 487 g/mol. The van der Waals surface area contributed by atoms with E-state index in [-0.39, 0.29) is 29.5 Å². The van der Waals surface area contributed by atoms with Gasteiger partial charge in [0.05, 0.1) is 11.0 Å². The van der Waals surface area contributed by atoms with Crippen LogP contribution in [0.4, 0.5) is 5.82 Å². The molecule has 3 aromatic heterocycles. The summed E-state index contributed by atoms with van der Waals surface area (Å²) in [6.45, 7) is 0.355. The van der Waals surface area contributed by atoms with Crippen LogP contribution in [0.3, 0.4) is 0 Å². The van der Waals surface area contributed by atoms with E-state index in [1.54, 1.807) is 41.1 Å². The zero-order valence-corrected chi connectivity index (χ0v) is 19.7. The van der Waals surface area contributed by atoms with Crippen LogP contribution in [0.2, 0.25) is 0 Å². The lowest BCUT2D eigenvalue weighted by atomic mass is 9.96. The summed E-state index contributed by atoms with van der Waals surface area (Å²) >= 11 is 0. The van der Waals surface area contributed by atoms with E-state index in [9.17, 15) is 15.3 Å². The van der Waals surface area contributed by atoms with Crippen LogP contribution in [0.5, 0.6) is 5.75 Å². The Kier molecular flexibility index (Phi) is 6.35. The molecule has 9 heteroatoms. The third kappa shape index (κ3) is 4.49. The van der Waals surface area contributed by atoms with Crippen molar-refractivity contribution in [2.75, 3.05) is 18.9 Å². The molecule has 5 aromatic rings. The van der Waals surface area contributed by atoms with E-state index < -0.39 is 0 Å². The lowest BCUT2D eigenvalue weighted by Crippen LogP contribution is -2.30. The molecule has 0 fully saturated rings. The van der Waals surface area contributed by atoms with Gasteiger partial charge in [-0.15, -0.1) is 0 Å². The number of rotatable bonds is 7. The molecule has 0 bridgehead atoms. The molecule has 0 aliphatic rings. The maximum absolute atomic E-state index is 12.2. The average Bonchev–Trinajstić information content (AvgIpc) is 3.32. The van der Waals surface area contributed by atoms with Crippen LogP contribution >= 0.6 is 0 Å². The summed E-state index contributed by atoms with van der Waals surface area (Å²) in [4.78, 5) is 20.7. The van der Waals surface area contributed by atoms with E-state index in [0.717, 1.165) is 11.1 Å². The number of pyridine rings is 2. The highest BCUT2D eigenvalue weighted by Gasteiger charge is 2.22. The van der Waals surface area contributed by atoms with Crippen LogP contribution in [0.25, 0.3) is 27.8 Å². The minimum absolute atomic E-state index is 0.137. The second-order valence-electron chi connectivity index (χ2n) is 8.26. The summed E-state index contributed by atoms with van der Waals surface area (Å²) in [6.07, 6.45) is 4.13. The van der Waals surface area contributed by atoms with Crippen LogP contribution < -0.4 is 15.8 Å². The molecule has 0 unspecified atom stereocenters. The Morgan fingerprint density at radius 3 is 2.46 bits per heavy atom. The summed E-state index contributed by atoms with van der Waals surface area (Å²) in [5.41, 5.74) is 10.7. The molecule has 0 saturated carbocycles. The van der Waals surface area contributed by atoms with E-state index in [1.165, 1.54) is 0 Å². The third-order valence-corrected chi connectivity index (χ3v) is 6.00. The Balaban J connectivity index is 1.36. The van der Waals surface area contributed by atoms with E-state index in [2.05, 4.69) is 27.4 Å². The Hall–Kier alpha value is -5.41. The first kappa shape index (κ1) is 23.3. The quantitative estimate of drug-likeness (QED) is 0.357. The van der Waals surface area contributed by atoms with Crippen molar-refractivity contribution in [3.63, 3.8) is 0 Å². The lowest BCUT2D eigenvalue weighted by Gasteiger charge is -2.13. The van der Waals surface area contributed by atoms with Crippen molar-refractivity contribution in [1.29, 1.82) is 10.5 Å². The van der Waals surface area contributed by atoms with Gasteiger partial charge in [-0.25, -0.2) is 4.98 Å². The second-order valence-corrected chi connectivity index (χ2v) is 8.26. The fourth-order valence-electron chi connectivity index (χ4n) is 4.24. The van der Waals surface area contributed by atoms with Gasteiger partial charge in [-0.1, -0.05) is 24.3 Å². The number of nitriles is 2. The Labute approximate surface area is 212 Å². The number of benzene rings is 2. The normalized spacial score (nSPS) is 10.6. The Morgan fingerprint density at radius 2 is 1.73 bits per heavy atom. The van der Waals surface area contributed by atoms with Gasteiger partial charge < -0.3 is 15.8 Å². The van der Waals surface area contributed by atoms with Gasteiger partial charge >= 0.3 is 0 Å². The van der Waals surface area contributed by atoms with Gasteiger partial charge in [-0.2, -0.15) is 10.5 Å². The van der Waals surface area contributed by atoms with Gasteiger partial charge in [0.15, 0.2) is 12.3 Å². The van der Waals surface area contributed by atoms with Gasteiger partial charge in [-0.05, 0) is 53.9 Å². The first-order valence-electron chi connectivity index (χ1n) is 11.5. The molecule has 0 saturated heterocycles. The maximum atomic E-state index is 12.2. The summed E-state index contributed by atoms with van der Waals surface area (Å²) in [6, 6.07) is 22.4. The molecule has 180 valence electrons. The van der Waals surface area contributed by atoms with Gasteiger partial charge in [0.2, 0.25) is 0 Å². The third-order valence-electron chi connectivity index (χ3n) is 6.00. The molecule has 3 N–H and O–H groups in total. The predicted octanol–water partition coefficient (Wildman–Crippen LogP) is 3.61. The van der Waals surface area contributed by atoms with E-state index in [1.807, 2.05) is 36.4 Å². The van der Waals surface area contributed by atoms with Gasteiger partial charge in [0.1, 0.15) is 34.8 Å². The molecule has 0 spiro atoms. The Morgan fingerprint density at radius 1 is 1.00 bits per heavy atom. The maximum Gasteiger partial charge on any atom is 0.257 e.